The quantitative estimate of drug-likeness (QED) is 0.423. The molecule has 3 N–H and O–H groups in total. The fraction of sp³-hybridized carbons (Fsp3) is 0.423. The first-order valence-electron chi connectivity index (χ1n) is 12.2. The molecule has 1 fully saturated rings. The van der Waals surface area contributed by atoms with E-state index in [0.29, 0.717) is 36.4 Å². The Hall–Kier alpha value is -3.24. The fourth-order valence-electron chi connectivity index (χ4n) is 3.80. The third-order valence-electron chi connectivity index (χ3n) is 6.17. The summed E-state index contributed by atoms with van der Waals surface area (Å²) in [5.41, 5.74) is 1.38. The van der Waals surface area contributed by atoms with E-state index in [4.69, 9.17) is 0 Å². The molecule has 2 aromatic rings. The van der Waals surface area contributed by atoms with Gasteiger partial charge in [0.05, 0.1) is 10.8 Å². The molecule has 2 atom stereocenters. The summed E-state index contributed by atoms with van der Waals surface area (Å²) < 4.78 is 27.3. The number of rotatable bonds is 11. The molecule has 1 aliphatic rings. The molecule has 0 aromatic heterocycles. The van der Waals surface area contributed by atoms with Crippen LogP contribution in [0.25, 0.3) is 0 Å². The van der Waals surface area contributed by atoms with Gasteiger partial charge in [0.25, 0.3) is 5.91 Å². The predicted molar refractivity (Wildman–Crippen MR) is 139 cm³/mol. The Morgan fingerprint density at radius 3 is 2.22 bits per heavy atom. The summed E-state index contributed by atoms with van der Waals surface area (Å²) in [6.07, 6.45) is 2.80. The number of carbonyl (C=O) groups is 3. The van der Waals surface area contributed by atoms with Crippen molar-refractivity contribution in [3.8, 4) is 0 Å². The molecule has 194 valence electrons. The van der Waals surface area contributed by atoms with Gasteiger partial charge in [0, 0.05) is 42.5 Å². The Morgan fingerprint density at radius 2 is 1.61 bits per heavy atom. The Kier molecular flexibility index (Phi) is 9.22. The zero-order valence-corrected chi connectivity index (χ0v) is 21.7. The van der Waals surface area contributed by atoms with Gasteiger partial charge < -0.3 is 15.5 Å². The molecule has 0 saturated carbocycles. The lowest BCUT2D eigenvalue weighted by atomic mass is 10.1. The highest BCUT2D eigenvalue weighted by Crippen LogP contribution is 2.21. The van der Waals surface area contributed by atoms with Gasteiger partial charge in [-0.3, -0.25) is 14.4 Å². The number of amides is 3. The van der Waals surface area contributed by atoms with Crippen molar-refractivity contribution in [1.29, 1.82) is 0 Å². The maximum atomic E-state index is 12.6. The minimum Gasteiger partial charge on any atom is -0.342 e. The van der Waals surface area contributed by atoms with Gasteiger partial charge in [0.15, 0.2) is 0 Å². The zero-order valence-electron chi connectivity index (χ0n) is 20.9. The summed E-state index contributed by atoms with van der Waals surface area (Å²) in [5, 5.41) is 5.56. The normalized spacial score (nSPS) is 16.6. The molecule has 1 saturated heterocycles. The second-order valence-electron chi connectivity index (χ2n) is 9.07. The first kappa shape index (κ1) is 27.3. The van der Waals surface area contributed by atoms with Crippen LogP contribution in [0.2, 0.25) is 0 Å². The Morgan fingerprint density at radius 1 is 1.00 bits per heavy atom. The highest BCUT2D eigenvalue weighted by Gasteiger charge is 2.33. The van der Waals surface area contributed by atoms with Crippen molar-refractivity contribution in [3.05, 3.63) is 54.1 Å². The van der Waals surface area contributed by atoms with Crippen molar-refractivity contribution >= 4 is 39.1 Å². The van der Waals surface area contributed by atoms with E-state index in [-0.39, 0.29) is 41.0 Å². The van der Waals surface area contributed by atoms with E-state index in [1.807, 2.05) is 6.92 Å². The second kappa shape index (κ2) is 12.1. The number of benzene rings is 2. The number of nitrogens with one attached hydrogen (secondary N) is 3. The molecule has 3 rings (SSSR count). The van der Waals surface area contributed by atoms with E-state index >= 15 is 0 Å². The minimum absolute atomic E-state index is 0.00744. The number of nitrogens with zero attached hydrogens (tertiary/aromatic N) is 1. The van der Waals surface area contributed by atoms with Crippen molar-refractivity contribution in [2.24, 2.45) is 5.92 Å². The number of hydrogen-bond donors (Lipinski definition) is 3. The maximum absolute atomic E-state index is 12.6. The van der Waals surface area contributed by atoms with Crippen LogP contribution in [0.3, 0.4) is 0 Å². The monoisotopic (exact) mass is 514 g/mol. The van der Waals surface area contributed by atoms with Gasteiger partial charge in [-0.25, -0.2) is 13.1 Å². The van der Waals surface area contributed by atoms with Crippen LogP contribution in [0.5, 0.6) is 0 Å². The molecule has 36 heavy (non-hydrogen) atoms. The van der Waals surface area contributed by atoms with Gasteiger partial charge in [-0.15, -0.1) is 0 Å². The van der Waals surface area contributed by atoms with Crippen LogP contribution in [-0.4, -0.2) is 50.2 Å². The van der Waals surface area contributed by atoms with Crippen molar-refractivity contribution in [2.45, 2.75) is 57.4 Å². The van der Waals surface area contributed by atoms with Crippen molar-refractivity contribution in [3.63, 3.8) is 0 Å². The van der Waals surface area contributed by atoms with Crippen LogP contribution in [0, 0.1) is 5.92 Å². The van der Waals surface area contributed by atoms with E-state index in [0.717, 1.165) is 12.8 Å². The van der Waals surface area contributed by atoms with E-state index in [2.05, 4.69) is 22.3 Å². The van der Waals surface area contributed by atoms with E-state index < -0.39 is 10.0 Å². The van der Waals surface area contributed by atoms with Crippen LogP contribution in [-0.2, 0) is 19.6 Å². The summed E-state index contributed by atoms with van der Waals surface area (Å²) >= 11 is 0. The Balaban J connectivity index is 1.55. The molecule has 0 spiro atoms. The van der Waals surface area contributed by atoms with Crippen LogP contribution in [0.15, 0.2) is 53.4 Å². The van der Waals surface area contributed by atoms with E-state index in [1.165, 1.54) is 24.3 Å². The average molecular weight is 515 g/mol. The molecular formula is C26H34N4O5S. The third-order valence-corrected chi connectivity index (χ3v) is 7.78. The van der Waals surface area contributed by atoms with Crippen LogP contribution >= 0.6 is 0 Å². The molecule has 9 nitrogen and oxygen atoms in total. The van der Waals surface area contributed by atoms with Gasteiger partial charge in [-0.05, 0) is 68.3 Å². The van der Waals surface area contributed by atoms with Crippen LogP contribution in [0.1, 0.15) is 56.8 Å². The first-order chi connectivity index (χ1) is 17.1. The van der Waals surface area contributed by atoms with Gasteiger partial charge in [-0.1, -0.05) is 20.3 Å². The number of anilines is 2. The minimum atomic E-state index is -3.62. The standard InChI is InChI=1S/C26H34N4O5S/c1-4-6-15-30-17-20(16-24(30)31)26(33)28-21-9-7-19(8-10-21)25(32)27-22-11-13-23(14-12-22)36(34,35)29-18(3)5-2/h7-14,18,20,29H,4-6,15-17H2,1-3H3,(H,27,32)(H,28,33). The second-order valence-corrected chi connectivity index (χ2v) is 10.8. The van der Waals surface area contributed by atoms with Crippen LogP contribution < -0.4 is 15.4 Å². The number of sulfonamides is 1. The molecule has 1 heterocycles. The molecular weight excluding hydrogens is 480 g/mol. The summed E-state index contributed by atoms with van der Waals surface area (Å²) in [4.78, 5) is 39.2. The van der Waals surface area contributed by atoms with Gasteiger partial charge in [0.1, 0.15) is 0 Å². The number of likely N-dealkylation sites (tertiary alicyclic amines) is 1. The smallest absolute Gasteiger partial charge is 0.255 e. The Labute approximate surface area is 212 Å². The molecule has 0 radical (unpaired) electrons. The van der Waals surface area contributed by atoms with Gasteiger partial charge in [0.2, 0.25) is 21.8 Å². The van der Waals surface area contributed by atoms with E-state index in [1.54, 1.807) is 36.1 Å². The summed E-state index contributed by atoms with van der Waals surface area (Å²) in [7, 11) is -3.62. The molecule has 0 bridgehead atoms. The largest absolute Gasteiger partial charge is 0.342 e. The number of hydrogen-bond acceptors (Lipinski definition) is 5. The van der Waals surface area contributed by atoms with Crippen molar-refractivity contribution in [2.75, 3.05) is 23.7 Å². The number of carbonyl (C=O) groups excluding carboxylic acids is 3. The molecule has 3 amide bonds. The van der Waals surface area contributed by atoms with Crippen molar-refractivity contribution in [1.82, 2.24) is 9.62 Å². The lowest BCUT2D eigenvalue weighted by molar-refractivity contribution is -0.128. The van der Waals surface area contributed by atoms with Crippen molar-refractivity contribution < 1.29 is 22.8 Å². The lowest BCUT2D eigenvalue weighted by Gasteiger charge is -2.16. The average Bonchev–Trinajstić information content (AvgIpc) is 3.23. The molecule has 0 aliphatic carbocycles. The fourth-order valence-corrected chi connectivity index (χ4v) is 5.13. The lowest BCUT2D eigenvalue weighted by Crippen LogP contribution is -2.31. The molecule has 1 aliphatic heterocycles. The molecule has 2 unspecified atom stereocenters. The highest BCUT2D eigenvalue weighted by atomic mass is 32.2. The third kappa shape index (κ3) is 7.14. The first-order valence-corrected chi connectivity index (χ1v) is 13.7. The number of unbranched alkanes of at least 4 members (excludes halogenated alkanes) is 1. The van der Waals surface area contributed by atoms with Gasteiger partial charge >= 0.3 is 0 Å². The summed E-state index contributed by atoms with van der Waals surface area (Å²) in [6, 6.07) is 12.2. The van der Waals surface area contributed by atoms with Crippen LogP contribution in [0.4, 0.5) is 11.4 Å². The summed E-state index contributed by atoms with van der Waals surface area (Å²) in [6.45, 7) is 6.85. The van der Waals surface area contributed by atoms with E-state index in [9.17, 15) is 22.8 Å². The molecule has 10 heteroatoms. The molecule has 2 aromatic carbocycles. The SMILES string of the molecule is CCCCN1CC(C(=O)Nc2ccc(C(=O)Nc3ccc(S(=O)(=O)NC(C)CC)cc3)cc2)CC1=O. The Bertz CT molecular complexity index is 1180. The summed E-state index contributed by atoms with van der Waals surface area (Å²) in [5.74, 6) is -0.955. The highest BCUT2D eigenvalue weighted by molar-refractivity contribution is 7.89. The zero-order chi connectivity index (χ0) is 26.3. The predicted octanol–water partition coefficient (Wildman–Crippen LogP) is 3.60. The van der Waals surface area contributed by atoms with Gasteiger partial charge in [-0.2, -0.15) is 0 Å². The maximum Gasteiger partial charge on any atom is 0.255 e. The topological polar surface area (TPSA) is 125 Å².